The Hall–Kier alpha value is -2.48. The molecule has 4 N–H and O–H groups in total. The first-order valence-corrected chi connectivity index (χ1v) is 8.07. The fraction of sp³-hybridized carbons (Fsp3) is 0.267. The lowest BCUT2D eigenvalue weighted by Crippen LogP contribution is -2.19. The van der Waals surface area contributed by atoms with Gasteiger partial charge in [0.25, 0.3) is 5.91 Å². The molecule has 1 aromatic carbocycles. The highest BCUT2D eigenvalue weighted by Gasteiger charge is 2.28. The number of hydrogen-bond donors (Lipinski definition) is 3. The first kappa shape index (κ1) is 15.4. The zero-order valence-electron chi connectivity index (χ0n) is 12.5. The van der Waals surface area contributed by atoms with Crippen molar-refractivity contribution in [1.29, 1.82) is 0 Å². The van der Waals surface area contributed by atoms with E-state index in [2.05, 4.69) is 15.5 Å². The predicted molar refractivity (Wildman–Crippen MR) is 87.4 cm³/mol. The van der Waals surface area contributed by atoms with Crippen LogP contribution < -0.4 is 15.8 Å². The Morgan fingerprint density at radius 3 is 2.87 bits per heavy atom. The van der Waals surface area contributed by atoms with Gasteiger partial charge < -0.3 is 15.8 Å². The smallest absolute Gasteiger partial charge is 0.255 e. The molecule has 0 aliphatic carbocycles. The molecule has 1 aliphatic rings. The maximum Gasteiger partial charge on any atom is 0.255 e. The molecule has 0 saturated heterocycles. The van der Waals surface area contributed by atoms with Crippen molar-refractivity contribution in [3.63, 3.8) is 0 Å². The number of nitrogens with zero attached hydrogens (tertiary/aromatic N) is 1. The Morgan fingerprint density at radius 1 is 1.43 bits per heavy atom. The normalized spacial score (nSPS) is 17.1. The molecule has 120 valence electrons. The van der Waals surface area contributed by atoms with E-state index in [0.717, 1.165) is 16.8 Å². The van der Waals surface area contributed by atoms with Crippen molar-refractivity contribution in [3.05, 3.63) is 41.1 Å². The number of benzene rings is 1. The Kier molecular flexibility index (Phi) is 4.24. The highest BCUT2D eigenvalue weighted by Crippen LogP contribution is 2.42. The average molecular weight is 332 g/mol. The van der Waals surface area contributed by atoms with Crippen LogP contribution in [0, 0.1) is 6.92 Å². The molecule has 2 heterocycles. The van der Waals surface area contributed by atoms with Gasteiger partial charge in [0.05, 0.1) is 11.0 Å². The molecule has 8 heteroatoms. The van der Waals surface area contributed by atoms with Gasteiger partial charge in [0.2, 0.25) is 5.91 Å². The standard InChI is InChI=1S/C15H16N4O3S/c1-8-13-14(23-7-12(21)17-15(13)19-18-8)9-2-4-10(5-3-9)22-6-11(16)20/h2-5,14H,6-7H2,1H3,(H2,16,20)(H2,17,18,19,21)/t14-/m0/s1. The quantitative estimate of drug-likeness (QED) is 0.783. The highest BCUT2D eigenvalue weighted by atomic mass is 32.2. The number of nitrogens with two attached hydrogens (primary N) is 1. The summed E-state index contributed by atoms with van der Waals surface area (Å²) in [5.41, 5.74) is 7.99. The van der Waals surface area contributed by atoms with Gasteiger partial charge in [0.15, 0.2) is 12.4 Å². The topological polar surface area (TPSA) is 110 Å². The fourth-order valence-electron chi connectivity index (χ4n) is 2.42. The van der Waals surface area contributed by atoms with Gasteiger partial charge >= 0.3 is 0 Å². The number of anilines is 1. The van der Waals surface area contributed by atoms with Crippen LogP contribution in [0.15, 0.2) is 24.3 Å². The average Bonchev–Trinajstić information content (AvgIpc) is 2.78. The molecule has 0 fully saturated rings. The number of aromatic amines is 1. The number of H-pyrrole nitrogens is 1. The van der Waals surface area contributed by atoms with Gasteiger partial charge in [-0.05, 0) is 24.6 Å². The van der Waals surface area contributed by atoms with Gasteiger partial charge in [-0.3, -0.25) is 14.7 Å². The van der Waals surface area contributed by atoms with Crippen LogP contribution in [0.4, 0.5) is 5.82 Å². The number of aryl methyl sites for hydroxylation is 1. The van der Waals surface area contributed by atoms with Crippen LogP contribution in [0.3, 0.4) is 0 Å². The van der Waals surface area contributed by atoms with E-state index < -0.39 is 5.91 Å². The number of thioether (sulfide) groups is 1. The summed E-state index contributed by atoms with van der Waals surface area (Å²) in [4.78, 5) is 22.5. The third-order valence-electron chi connectivity index (χ3n) is 3.46. The molecule has 1 atom stereocenters. The number of ether oxygens (including phenoxy) is 1. The minimum atomic E-state index is -0.517. The highest BCUT2D eigenvalue weighted by molar-refractivity contribution is 8.00. The lowest BCUT2D eigenvalue weighted by molar-refractivity contribution is -0.120. The summed E-state index contributed by atoms with van der Waals surface area (Å²) in [6, 6.07) is 7.40. The fourth-order valence-corrected chi connectivity index (χ4v) is 3.62. The Labute approximate surface area is 137 Å². The van der Waals surface area contributed by atoms with Gasteiger partial charge in [-0.1, -0.05) is 12.1 Å². The van der Waals surface area contributed by atoms with Crippen molar-refractivity contribution in [1.82, 2.24) is 10.2 Å². The minimum Gasteiger partial charge on any atom is -0.484 e. The Balaban J connectivity index is 1.87. The third-order valence-corrected chi connectivity index (χ3v) is 4.73. The SMILES string of the molecule is Cc1[nH]nc2c1[C@H](c1ccc(OCC(N)=O)cc1)SCC(=O)N2. The van der Waals surface area contributed by atoms with Crippen LogP contribution in [-0.4, -0.2) is 34.4 Å². The van der Waals surface area contributed by atoms with Crippen LogP contribution in [-0.2, 0) is 9.59 Å². The second kappa shape index (κ2) is 6.33. The molecule has 3 rings (SSSR count). The van der Waals surface area contributed by atoms with Crippen molar-refractivity contribution >= 4 is 29.4 Å². The van der Waals surface area contributed by atoms with Gasteiger partial charge in [-0.2, -0.15) is 5.10 Å². The molecule has 2 amide bonds. The monoisotopic (exact) mass is 332 g/mol. The maximum absolute atomic E-state index is 11.8. The van der Waals surface area contributed by atoms with E-state index >= 15 is 0 Å². The number of rotatable bonds is 4. The first-order chi connectivity index (χ1) is 11.0. The second-order valence-electron chi connectivity index (χ2n) is 5.17. The first-order valence-electron chi connectivity index (χ1n) is 7.02. The van der Waals surface area contributed by atoms with Crippen molar-refractivity contribution in [2.75, 3.05) is 17.7 Å². The summed E-state index contributed by atoms with van der Waals surface area (Å²) in [7, 11) is 0. The zero-order valence-corrected chi connectivity index (χ0v) is 13.3. The minimum absolute atomic E-state index is 0.00658. The molecule has 0 radical (unpaired) electrons. The van der Waals surface area contributed by atoms with E-state index in [1.165, 1.54) is 0 Å². The largest absolute Gasteiger partial charge is 0.484 e. The summed E-state index contributed by atoms with van der Waals surface area (Å²) in [6.07, 6.45) is 0. The van der Waals surface area contributed by atoms with E-state index in [4.69, 9.17) is 10.5 Å². The summed E-state index contributed by atoms with van der Waals surface area (Å²) in [5, 5.41) is 9.88. The number of carbonyl (C=O) groups excluding carboxylic acids is 2. The van der Waals surface area contributed by atoms with Crippen molar-refractivity contribution in [2.24, 2.45) is 5.73 Å². The number of aromatic nitrogens is 2. The molecule has 7 nitrogen and oxygen atoms in total. The lowest BCUT2D eigenvalue weighted by Gasteiger charge is -2.15. The second-order valence-corrected chi connectivity index (χ2v) is 6.27. The molecule has 0 saturated carbocycles. The summed E-state index contributed by atoms with van der Waals surface area (Å²) >= 11 is 1.54. The van der Waals surface area contributed by atoms with Crippen LogP contribution in [0.1, 0.15) is 22.1 Å². The van der Waals surface area contributed by atoms with Crippen molar-refractivity contribution in [2.45, 2.75) is 12.2 Å². The molecule has 23 heavy (non-hydrogen) atoms. The molecular formula is C15H16N4O3S. The zero-order chi connectivity index (χ0) is 16.4. The Bertz CT molecular complexity index is 742. The molecule has 0 bridgehead atoms. The predicted octanol–water partition coefficient (Wildman–Crippen LogP) is 1.36. The molecule has 0 spiro atoms. The van der Waals surface area contributed by atoms with Crippen molar-refractivity contribution in [3.8, 4) is 5.75 Å². The van der Waals surface area contributed by atoms with Gasteiger partial charge in [-0.25, -0.2) is 0 Å². The van der Waals surface area contributed by atoms with Crippen LogP contribution >= 0.6 is 11.8 Å². The van der Waals surface area contributed by atoms with Crippen LogP contribution in [0.2, 0.25) is 0 Å². The molecule has 2 aromatic rings. The number of fused-ring (bicyclic) bond motifs is 1. The number of carbonyl (C=O) groups is 2. The Morgan fingerprint density at radius 2 is 2.17 bits per heavy atom. The number of nitrogens with one attached hydrogen (secondary N) is 2. The van der Waals surface area contributed by atoms with Crippen LogP contribution in [0.25, 0.3) is 0 Å². The number of hydrogen-bond acceptors (Lipinski definition) is 5. The van der Waals surface area contributed by atoms with Crippen LogP contribution in [0.5, 0.6) is 5.75 Å². The number of primary amides is 1. The third kappa shape index (κ3) is 3.31. The summed E-state index contributed by atoms with van der Waals surface area (Å²) in [6.45, 7) is 1.78. The van der Waals surface area contributed by atoms with Gasteiger partial charge in [0, 0.05) is 11.3 Å². The van der Waals surface area contributed by atoms with E-state index in [9.17, 15) is 9.59 Å². The van der Waals surface area contributed by atoms with Crippen molar-refractivity contribution < 1.29 is 14.3 Å². The molecule has 1 aromatic heterocycles. The van der Waals surface area contributed by atoms with E-state index in [1.807, 2.05) is 19.1 Å². The molecule has 0 unspecified atom stereocenters. The summed E-state index contributed by atoms with van der Waals surface area (Å²) in [5.74, 6) is 0.935. The number of amides is 2. The van der Waals surface area contributed by atoms with E-state index in [0.29, 0.717) is 17.3 Å². The van der Waals surface area contributed by atoms with E-state index in [-0.39, 0.29) is 17.8 Å². The maximum atomic E-state index is 11.8. The molecule has 1 aliphatic heterocycles. The lowest BCUT2D eigenvalue weighted by atomic mass is 10.0. The van der Waals surface area contributed by atoms with Gasteiger partial charge in [-0.15, -0.1) is 11.8 Å². The van der Waals surface area contributed by atoms with E-state index in [1.54, 1.807) is 23.9 Å². The summed E-state index contributed by atoms with van der Waals surface area (Å²) < 4.78 is 5.26. The van der Waals surface area contributed by atoms with Gasteiger partial charge in [0.1, 0.15) is 5.75 Å². The molecular weight excluding hydrogens is 316 g/mol.